The minimum atomic E-state index is -5.00. The molecule has 0 aliphatic heterocycles. The quantitative estimate of drug-likeness (QED) is 0.0184. The lowest BCUT2D eigenvalue weighted by atomic mass is 9.98. The predicted molar refractivity (Wildman–Crippen MR) is 431 cm³/mol. The van der Waals surface area contributed by atoms with E-state index in [4.69, 9.17) is 10.5 Å². The number of hydrogen-bond acceptors (Lipinski definition) is 5. The van der Waals surface area contributed by atoms with E-state index in [1.165, 1.54) is 4.90 Å². The van der Waals surface area contributed by atoms with Gasteiger partial charge in [0.2, 0.25) is 0 Å². The summed E-state index contributed by atoms with van der Waals surface area (Å²) in [5.74, 6) is -1.02. The molecular weight excluding hydrogens is 2100 g/mol. The maximum atomic E-state index is 13.2. The predicted octanol–water partition coefficient (Wildman–Crippen LogP) is -5.83. The Bertz CT molecular complexity index is 3880. The summed E-state index contributed by atoms with van der Waals surface area (Å²) in [6.07, 6.45) is -41.9. The van der Waals surface area contributed by atoms with Crippen molar-refractivity contribution in [1.82, 2.24) is 15.5 Å². The highest BCUT2D eigenvalue weighted by atomic mass is 35.5. The maximum Gasteiger partial charge on any atom is 0.416 e. The number of carbonyl (C=O) groups excluding carboxylic acids is 3. The molecule has 818 valence electrons. The summed E-state index contributed by atoms with van der Waals surface area (Å²) in [4.78, 5) is 37.8. The van der Waals surface area contributed by atoms with E-state index in [2.05, 4.69) is 39.3 Å². The van der Waals surface area contributed by atoms with Gasteiger partial charge in [0, 0.05) is 80.0 Å². The van der Waals surface area contributed by atoms with Crippen LogP contribution in [0.5, 0.6) is 0 Å². The molecule has 8 atom stereocenters. The van der Waals surface area contributed by atoms with E-state index < -0.39 is 159 Å². The molecule has 0 saturated carbocycles. The molecule has 0 spiro atoms. The lowest BCUT2D eigenvalue weighted by Gasteiger charge is -2.30. The van der Waals surface area contributed by atoms with Crippen LogP contribution in [0.1, 0.15) is 255 Å². The SMILES string of the molecule is C.C.CC(C)CC[C@H](C)CN(Cc1cc(C(F)(F)F)cc(C(F)(F)F)c1)C(=O)OC(C)(C)C.CC(C)CC[C@H](C)CNC(=O)c1cc(C(F)(F)F)cc(C(F)(F)F)c1.CC(N)CC[C@H]([NH3+])CNC(=O)c1cc(C(F)(F)F)cc(C(F)(F)F)c1.CC([NH3+])CC[C@H]([NH3+])C[NH2+]Cc1cc(C(F)(F)F)cc(C(F)(F)F)c1.CC([NH3+])CC[C@H]([NH3+])C[NH2+]Cc1cc(C(F)(F)F)cc(C(F)(F)F)c1.[Cl-].[Cl-].[Cl-].[Cl-].[Cl-].[Cl-].[Cl-].[Cl-]. The Labute approximate surface area is 840 Å². The molecule has 0 heterocycles. The van der Waals surface area contributed by atoms with Gasteiger partial charge in [-0.15, -0.1) is 0 Å². The van der Waals surface area contributed by atoms with Crippen LogP contribution in [0, 0.1) is 23.7 Å². The topological polar surface area (TPSA) is 285 Å². The third-order valence-corrected chi connectivity index (χ3v) is 18.8. The third kappa shape index (κ3) is 64.6. The first-order chi connectivity index (χ1) is 58.3. The van der Waals surface area contributed by atoms with Gasteiger partial charge < -0.3 is 165 Å². The molecule has 0 aromatic heterocycles. The molecule has 0 aliphatic carbocycles. The van der Waals surface area contributed by atoms with Crippen molar-refractivity contribution in [2.24, 2.45) is 29.4 Å². The molecule has 0 aliphatic rings. The number of quaternary nitrogens is 7. The van der Waals surface area contributed by atoms with Gasteiger partial charge in [0.25, 0.3) is 11.8 Å². The number of carbonyl (C=O) groups is 3. The lowest BCUT2D eigenvalue weighted by molar-refractivity contribution is -0.695. The van der Waals surface area contributed by atoms with E-state index in [0.717, 1.165) is 75.6 Å². The number of benzene rings is 5. The standard InChI is InChI=1S/C22H31F6NO2.C17H21F6NO.C15H19F6N3O.2C15H21F6N3.2CH4.8ClH/c1-14(2)7-8-15(3)12-29(19(30)31-20(4,5)6)13-16-9-17(21(23,24)25)11-18(10-16)22(26,27)28;1-10(2)4-5-11(3)9-24-15(25)12-6-13(16(18,19)20)8-14(7-12)17(21,22)23;1-8(22)2-3-12(23)7-24-13(25)9-4-10(14(16,17)18)6-11(5-9)15(19,20)21;2*1-9(22)2-3-13(23)8-24-7-10-4-11(14(16,17)18)6-12(5-10)15(19,20)21;;;;;;;;;;/h9-11,14-15H,7-8,12-13H2,1-6H3;6-8,10-11H,4-5,9H2,1-3H3,(H,24,25);4-6,8,12H,2-3,7,22-23H2,1H3,(H,24,25);2*4-6,9,13,24H,2-3,7-8,22-23H2,1H3;2*1H4;8*1H/p-1/t15-;11-;8?,12-;2*9?,13-;;;;;;;;;;/m00000........../s1. The van der Waals surface area contributed by atoms with Crippen LogP contribution in [0.3, 0.4) is 0 Å². The fourth-order valence-corrected chi connectivity index (χ4v) is 11.7. The fraction of sp³-hybridized carbons (Fsp3) is 0.616. The Morgan fingerprint density at radius 2 is 0.568 bits per heavy atom. The molecule has 15 nitrogen and oxygen atoms in total. The largest absolute Gasteiger partial charge is 1.00 e. The molecule has 5 aromatic rings. The Kier molecular flexibility index (Phi) is 73.2. The van der Waals surface area contributed by atoms with Crippen molar-refractivity contribution in [3.8, 4) is 0 Å². The first kappa shape index (κ1) is 153. The summed E-state index contributed by atoms with van der Waals surface area (Å²) in [6.45, 7) is 23.6. The Morgan fingerprint density at radius 3 is 0.806 bits per heavy atom. The number of hydrogen-bond donors (Lipinski definition) is 10. The van der Waals surface area contributed by atoms with Gasteiger partial charge in [-0.3, -0.25) is 9.59 Å². The van der Waals surface area contributed by atoms with Crippen LogP contribution >= 0.6 is 0 Å². The van der Waals surface area contributed by atoms with Gasteiger partial charge in [0.05, 0.1) is 74.3 Å². The molecule has 0 bridgehead atoms. The molecule has 3 amide bonds. The number of halogens is 38. The highest BCUT2D eigenvalue weighted by molar-refractivity contribution is 5.95. The average molecular weight is 2230 g/mol. The summed E-state index contributed by atoms with van der Waals surface area (Å²) in [6, 6.07) is 6.72. The van der Waals surface area contributed by atoms with E-state index >= 15 is 0 Å². The second kappa shape index (κ2) is 66.4. The van der Waals surface area contributed by atoms with Crippen molar-refractivity contribution in [1.29, 1.82) is 0 Å². The number of nitrogens with zero attached hydrogens (tertiary/aromatic N) is 1. The summed E-state index contributed by atoms with van der Waals surface area (Å²) < 4.78 is 391. The molecule has 0 saturated heterocycles. The summed E-state index contributed by atoms with van der Waals surface area (Å²) in [5.41, 5.74) is 8.42. The number of ether oxygens (including phenoxy) is 1. The summed E-state index contributed by atoms with van der Waals surface area (Å²) >= 11 is 0. The number of alkyl halides is 30. The van der Waals surface area contributed by atoms with Crippen LogP contribution in [0.2, 0.25) is 0 Å². The summed E-state index contributed by atoms with van der Waals surface area (Å²) in [7, 11) is 0. The van der Waals surface area contributed by atoms with Crippen LogP contribution < -0.4 is 155 Å². The van der Waals surface area contributed by atoms with Gasteiger partial charge in [0.15, 0.2) is 0 Å². The molecule has 5 rings (SSSR count). The highest BCUT2D eigenvalue weighted by Gasteiger charge is 2.44. The van der Waals surface area contributed by atoms with Crippen molar-refractivity contribution in [2.45, 2.75) is 285 Å². The zero-order valence-corrected chi connectivity index (χ0v) is 82.4. The average Bonchev–Trinajstić information content (AvgIpc) is 0.797. The van der Waals surface area contributed by atoms with E-state index in [1.54, 1.807) is 38.3 Å². The normalized spacial score (nSPS) is 13.6. The second-order valence-corrected chi connectivity index (χ2v) is 34.2. The van der Waals surface area contributed by atoms with Crippen molar-refractivity contribution in [3.05, 3.63) is 174 Å². The van der Waals surface area contributed by atoms with Crippen LogP contribution in [0.4, 0.5) is 137 Å². The Balaban J connectivity index is -0.000000184. The fourth-order valence-electron chi connectivity index (χ4n) is 11.7. The minimum absolute atomic E-state index is 0. The second-order valence-electron chi connectivity index (χ2n) is 34.2. The molecule has 0 fully saturated rings. The zero-order chi connectivity index (χ0) is 100. The number of amides is 3. The van der Waals surface area contributed by atoms with Gasteiger partial charge >= 0.3 is 67.9 Å². The first-order valence-corrected chi connectivity index (χ1v) is 40.8. The molecule has 53 heteroatoms. The van der Waals surface area contributed by atoms with Crippen molar-refractivity contribution in [3.63, 3.8) is 0 Å². The van der Waals surface area contributed by atoms with E-state index in [0.29, 0.717) is 74.2 Å². The van der Waals surface area contributed by atoms with E-state index in [1.807, 2.05) is 55.4 Å². The molecule has 3 unspecified atom stereocenters. The van der Waals surface area contributed by atoms with Gasteiger partial charge in [-0.05, 0) is 181 Å². The molecule has 139 heavy (non-hydrogen) atoms. The van der Waals surface area contributed by atoms with Crippen molar-refractivity contribution in [2.75, 3.05) is 32.7 Å². The van der Waals surface area contributed by atoms with Crippen molar-refractivity contribution >= 4 is 17.9 Å². The maximum absolute atomic E-state index is 13.2. The van der Waals surface area contributed by atoms with Crippen LogP contribution in [-0.2, 0) is 86.1 Å². The first-order valence-electron chi connectivity index (χ1n) is 40.8. The molecule has 5 aromatic carbocycles. The molecule has 0 radical (unpaired) electrons. The monoisotopic (exact) mass is 2230 g/mol. The molecular formula is C86H128Cl8F30N11O4-. The summed E-state index contributed by atoms with van der Waals surface area (Å²) in [5, 5.41) is 8.07. The van der Waals surface area contributed by atoms with Gasteiger partial charge in [-0.25, -0.2) is 4.79 Å². The van der Waals surface area contributed by atoms with Crippen LogP contribution in [-0.4, -0.2) is 97.4 Å². The van der Waals surface area contributed by atoms with Crippen molar-refractivity contribution < 1.29 is 289 Å². The smallest absolute Gasteiger partial charge is 0.416 e. The van der Waals surface area contributed by atoms with Crippen LogP contribution in [0.15, 0.2) is 91.0 Å². The van der Waals surface area contributed by atoms with Gasteiger partial charge in [-0.2, -0.15) is 132 Å². The third-order valence-electron chi connectivity index (χ3n) is 18.8. The van der Waals surface area contributed by atoms with Crippen LogP contribution in [0.25, 0.3) is 0 Å². The number of rotatable bonds is 33. The number of nitrogens with two attached hydrogens (primary N) is 3. The van der Waals surface area contributed by atoms with E-state index in [-0.39, 0.29) is 242 Å². The molecule has 23 N–H and O–H groups in total. The van der Waals surface area contributed by atoms with E-state index in [9.17, 15) is 146 Å². The highest BCUT2D eigenvalue weighted by Crippen LogP contribution is 2.43. The zero-order valence-electron chi connectivity index (χ0n) is 76.4. The number of nitrogens with one attached hydrogen (secondary N) is 2. The van der Waals surface area contributed by atoms with Gasteiger partial charge in [0.1, 0.15) is 49.9 Å². The Morgan fingerprint density at radius 1 is 0.331 bits per heavy atom. The Hall–Kier alpha value is -5.79. The lowest BCUT2D eigenvalue weighted by Crippen LogP contribution is -3.00. The van der Waals surface area contributed by atoms with Gasteiger partial charge in [-0.1, -0.05) is 69.2 Å². The minimum Gasteiger partial charge on any atom is -1.00 e.